The Kier molecular flexibility index (Phi) is 3.39. The molecule has 0 fully saturated rings. The Hall–Kier alpha value is -1.81. The minimum atomic E-state index is -1.10. The highest BCUT2D eigenvalue weighted by Crippen LogP contribution is 2.26. The van der Waals surface area contributed by atoms with Gasteiger partial charge in [-0.15, -0.1) is 0 Å². The smallest absolute Gasteiger partial charge is 0.373 e. The number of aromatic nitrogens is 1. The molecule has 0 atom stereocenters. The maximum absolute atomic E-state index is 11.0. The molecular formula is C13H12ClNO3. The summed E-state index contributed by atoms with van der Waals surface area (Å²) in [5.41, 5.74) is 2.06. The van der Waals surface area contributed by atoms with Crippen LogP contribution in [0.15, 0.2) is 22.6 Å². The molecule has 0 radical (unpaired) electrons. The minimum Gasteiger partial charge on any atom is -0.475 e. The molecule has 18 heavy (non-hydrogen) atoms. The zero-order valence-corrected chi connectivity index (χ0v) is 10.8. The molecule has 0 aliphatic heterocycles. The number of carboxylic acids is 1. The molecule has 5 heteroatoms. The molecule has 0 aliphatic rings. The quantitative estimate of drug-likeness (QED) is 0.921. The van der Waals surface area contributed by atoms with Crippen molar-refractivity contribution in [3.63, 3.8) is 0 Å². The summed E-state index contributed by atoms with van der Waals surface area (Å²) in [4.78, 5) is 15.2. The molecule has 2 rings (SSSR count). The van der Waals surface area contributed by atoms with E-state index < -0.39 is 5.97 Å². The van der Waals surface area contributed by atoms with Crippen LogP contribution in [-0.2, 0) is 6.42 Å². The van der Waals surface area contributed by atoms with Crippen LogP contribution >= 0.6 is 11.6 Å². The van der Waals surface area contributed by atoms with Crippen LogP contribution < -0.4 is 0 Å². The summed E-state index contributed by atoms with van der Waals surface area (Å²) in [5, 5.41) is 9.65. The van der Waals surface area contributed by atoms with Crippen LogP contribution in [0.1, 0.15) is 28.7 Å². The van der Waals surface area contributed by atoms with Crippen LogP contribution in [0.25, 0.3) is 11.5 Å². The lowest BCUT2D eigenvalue weighted by Gasteiger charge is -1.99. The standard InChI is InChI=1S/C13H12ClNO3/c1-3-10-11(13(16)17)18-12(15-10)8-4-5-9(14)7(2)6-8/h4-6H,3H2,1-2H3,(H,16,17). The Morgan fingerprint density at radius 3 is 2.72 bits per heavy atom. The van der Waals surface area contributed by atoms with Crippen LogP contribution in [0.3, 0.4) is 0 Å². The number of benzene rings is 1. The van der Waals surface area contributed by atoms with E-state index in [0.717, 1.165) is 11.1 Å². The van der Waals surface area contributed by atoms with Gasteiger partial charge in [-0.1, -0.05) is 18.5 Å². The Morgan fingerprint density at radius 2 is 2.22 bits per heavy atom. The third-order valence-electron chi connectivity index (χ3n) is 2.63. The third kappa shape index (κ3) is 2.24. The summed E-state index contributed by atoms with van der Waals surface area (Å²) in [6.07, 6.45) is 0.512. The summed E-state index contributed by atoms with van der Waals surface area (Å²) in [6, 6.07) is 5.31. The normalized spacial score (nSPS) is 10.6. The molecule has 0 aliphatic carbocycles. The molecule has 0 saturated heterocycles. The molecule has 1 heterocycles. The number of hydrogen-bond donors (Lipinski definition) is 1. The molecule has 0 amide bonds. The lowest BCUT2D eigenvalue weighted by molar-refractivity contribution is 0.0662. The van der Waals surface area contributed by atoms with E-state index in [1.54, 1.807) is 12.1 Å². The van der Waals surface area contributed by atoms with Crippen molar-refractivity contribution in [1.82, 2.24) is 4.98 Å². The largest absolute Gasteiger partial charge is 0.475 e. The van der Waals surface area contributed by atoms with Gasteiger partial charge in [0.05, 0.1) is 5.69 Å². The average molecular weight is 266 g/mol. The first-order valence-corrected chi connectivity index (χ1v) is 5.90. The van der Waals surface area contributed by atoms with Crippen LogP contribution in [0.2, 0.25) is 5.02 Å². The van der Waals surface area contributed by atoms with Crippen molar-refractivity contribution in [2.75, 3.05) is 0 Å². The SMILES string of the molecule is CCc1nc(-c2ccc(Cl)c(C)c2)oc1C(=O)O. The van der Waals surface area contributed by atoms with E-state index in [1.807, 2.05) is 19.9 Å². The molecule has 2 aromatic rings. The maximum Gasteiger partial charge on any atom is 0.373 e. The molecule has 0 unspecified atom stereocenters. The average Bonchev–Trinajstić information content (AvgIpc) is 2.77. The number of carboxylic acid groups (broad SMARTS) is 1. The second-order valence-electron chi connectivity index (χ2n) is 3.92. The van der Waals surface area contributed by atoms with Crippen molar-refractivity contribution < 1.29 is 14.3 Å². The summed E-state index contributed by atoms with van der Waals surface area (Å²) < 4.78 is 5.29. The van der Waals surface area contributed by atoms with Crippen LogP contribution in [0.5, 0.6) is 0 Å². The van der Waals surface area contributed by atoms with E-state index in [-0.39, 0.29) is 5.76 Å². The van der Waals surface area contributed by atoms with Crippen molar-refractivity contribution in [3.8, 4) is 11.5 Å². The first kappa shape index (κ1) is 12.6. The minimum absolute atomic E-state index is 0.0971. The number of nitrogens with zero attached hydrogens (tertiary/aromatic N) is 1. The Morgan fingerprint density at radius 1 is 1.50 bits per heavy atom. The van der Waals surface area contributed by atoms with Gasteiger partial charge in [0.25, 0.3) is 0 Å². The highest BCUT2D eigenvalue weighted by Gasteiger charge is 2.19. The van der Waals surface area contributed by atoms with E-state index >= 15 is 0 Å². The molecule has 1 aromatic heterocycles. The summed E-state index contributed by atoms with van der Waals surface area (Å²) in [7, 11) is 0. The second-order valence-corrected chi connectivity index (χ2v) is 4.32. The fourth-order valence-corrected chi connectivity index (χ4v) is 1.78. The number of oxazole rings is 1. The summed E-state index contributed by atoms with van der Waals surface area (Å²) in [6.45, 7) is 3.70. The van der Waals surface area contributed by atoms with Gasteiger partial charge < -0.3 is 9.52 Å². The predicted molar refractivity (Wildman–Crippen MR) is 68.0 cm³/mol. The van der Waals surface area contributed by atoms with Crippen LogP contribution in [0, 0.1) is 6.92 Å². The first-order chi connectivity index (χ1) is 8.52. The predicted octanol–water partition coefficient (Wildman–Crippen LogP) is 3.56. The van der Waals surface area contributed by atoms with Gasteiger partial charge in [-0.3, -0.25) is 0 Å². The monoisotopic (exact) mass is 265 g/mol. The topological polar surface area (TPSA) is 63.3 Å². The zero-order chi connectivity index (χ0) is 13.3. The number of rotatable bonds is 3. The number of aromatic carboxylic acids is 1. The number of hydrogen-bond acceptors (Lipinski definition) is 3. The summed E-state index contributed by atoms with van der Waals surface area (Å²) in [5.74, 6) is -0.889. The lowest BCUT2D eigenvalue weighted by Crippen LogP contribution is -1.98. The molecule has 1 N–H and O–H groups in total. The Bertz CT molecular complexity index is 604. The van der Waals surface area contributed by atoms with Gasteiger partial charge in [-0.25, -0.2) is 9.78 Å². The zero-order valence-electron chi connectivity index (χ0n) is 10.0. The highest BCUT2D eigenvalue weighted by molar-refractivity contribution is 6.31. The fraction of sp³-hybridized carbons (Fsp3) is 0.231. The Labute approximate surface area is 109 Å². The van der Waals surface area contributed by atoms with Gasteiger partial charge in [0, 0.05) is 10.6 Å². The van der Waals surface area contributed by atoms with E-state index in [1.165, 1.54) is 0 Å². The number of aryl methyl sites for hydroxylation is 2. The van der Waals surface area contributed by atoms with Gasteiger partial charge in [0.2, 0.25) is 11.7 Å². The highest BCUT2D eigenvalue weighted by atomic mass is 35.5. The second kappa shape index (κ2) is 4.82. The molecule has 4 nitrogen and oxygen atoms in total. The molecule has 94 valence electrons. The van der Waals surface area contributed by atoms with E-state index in [9.17, 15) is 4.79 Å². The van der Waals surface area contributed by atoms with Crippen molar-refractivity contribution >= 4 is 17.6 Å². The van der Waals surface area contributed by atoms with Gasteiger partial charge in [-0.2, -0.15) is 0 Å². The van der Waals surface area contributed by atoms with Crippen molar-refractivity contribution in [2.24, 2.45) is 0 Å². The van der Waals surface area contributed by atoms with E-state index in [2.05, 4.69) is 4.98 Å². The third-order valence-corrected chi connectivity index (χ3v) is 3.06. The van der Waals surface area contributed by atoms with Crippen molar-refractivity contribution in [2.45, 2.75) is 20.3 Å². The van der Waals surface area contributed by atoms with Gasteiger partial charge in [0.1, 0.15) is 0 Å². The van der Waals surface area contributed by atoms with E-state index in [0.29, 0.717) is 23.0 Å². The first-order valence-electron chi connectivity index (χ1n) is 5.52. The fourth-order valence-electron chi connectivity index (χ4n) is 1.66. The van der Waals surface area contributed by atoms with Gasteiger partial charge in [-0.05, 0) is 37.1 Å². The maximum atomic E-state index is 11.0. The Balaban J connectivity index is 2.50. The molecule has 1 aromatic carbocycles. The van der Waals surface area contributed by atoms with Crippen LogP contribution in [0.4, 0.5) is 0 Å². The van der Waals surface area contributed by atoms with Crippen molar-refractivity contribution in [3.05, 3.63) is 40.2 Å². The van der Waals surface area contributed by atoms with Crippen LogP contribution in [-0.4, -0.2) is 16.1 Å². The lowest BCUT2D eigenvalue weighted by atomic mass is 10.1. The molecule has 0 spiro atoms. The molecular weight excluding hydrogens is 254 g/mol. The number of halogens is 1. The van der Waals surface area contributed by atoms with Gasteiger partial charge >= 0.3 is 5.97 Å². The molecule has 0 saturated carbocycles. The molecule has 0 bridgehead atoms. The van der Waals surface area contributed by atoms with E-state index in [4.69, 9.17) is 21.1 Å². The summed E-state index contributed by atoms with van der Waals surface area (Å²) >= 11 is 5.94. The van der Waals surface area contributed by atoms with Gasteiger partial charge in [0.15, 0.2) is 0 Å². The van der Waals surface area contributed by atoms with Crippen molar-refractivity contribution in [1.29, 1.82) is 0 Å². The number of carbonyl (C=O) groups is 1.